The van der Waals surface area contributed by atoms with Gasteiger partial charge in [-0.25, -0.2) is 4.39 Å². The van der Waals surface area contributed by atoms with Crippen LogP contribution >= 0.6 is 11.6 Å². The summed E-state index contributed by atoms with van der Waals surface area (Å²) in [5.74, 6) is 0.0555. The van der Waals surface area contributed by atoms with E-state index in [9.17, 15) is 9.18 Å². The molecule has 1 atom stereocenters. The second-order valence-corrected chi connectivity index (χ2v) is 6.60. The van der Waals surface area contributed by atoms with Crippen molar-refractivity contribution in [2.75, 3.05) is 32.0 Å². The van der Waals surface area contributed by atoms with Crippen LogP contribution in [-0.2, 0) is 4.79 Å². The van der Waals surface area contributed by atoms with Gasteiger partial charge >= 0.3 is 0 Å². The van der Waals surface area contributed by atoms with Gasteiger partial charge in [0, 0.05) is 5.02 Å². The molecular weight excluding hydrogens is 317 g/mol. The number of benzene rings is 1. The lowest BCUT2D eigenvalue weighted by atomic mass is 9.93. The fraction of sp³-hybridized carbons (Fsp3) is 0.588. The van der Waals surface area contributed by atoms with Gasteiger partial charge in [-0.1, -0.05) is 11.6 Å². The van der Waals surface area contributed by atoms with Crippen LogP contribution in [0.25, 0.3) is 0 Å². The maximum absolute atomic E-state index is 13.7. The quantitative estimate of drug-likeness (QED) is 0.835. The van der Waals surface area contributed by atoms with Crippen LogP contribution in [0.15, 0.2) is 18.2 Å². The zero-order valence-electron chi connectivity index (χ0n) is 13.7. The molecule has 0 aromatic heterocycles. The number of nitrogens with one attached hydrogen (secondary N) is 2. The van der Waals surface area contributed by atoms with Crippen molar-refractivity contribution in [1.82, 2.24) is 10.2 Å². The fourth-order valence-electron chi connectivity index (χ4n) is 2.97. The molecule has 1 saturated heterocycles. The molecule has 1 aliphatic rings. The Morgan fingerprint density at radius 2 is 2.13 bits per heavy atom. The van der Waals surface area contributed by atoms with E-state index in [1.807, 2.05) is 14.0 Å². The van der Waals surface area contributed by atoms with Crippen LogP contribution in [-0.4, -0.2) is 43.5 Å². The molecule has 1 amide bonds. The lowest BCUT2D eigenvalue weighted by Gasteiger charge is -2.35. The third-order valence-corrected chi connectivity index (χ3v) is 4.80. The molecule has 1 unspecified atom stereocenters. The Bertz CT molecular complexity index is 533. The number of piperidine rings is 1. The minimum atomic E-state index is -0.472. The molecule has 1 heterocycles. The number of anilines is 1. The minimum Gasteiger partial charge on any atom is -0.322 e. The van der Waals surface area contributed by atoms with Gasteiger partial charge in [-0.05, 0) is 77.0 Å². The summed E-state index contributed by atoms with van der Waals surface area (Å²) >= 11 is 5.85. The molecule has 1 aromatic rings. The highest BCUT2D eigenvalue weighted by atomic mass is 35.5. The average Bonchev–Trinajstić information content (AvgIpc) is 2.56. The molecule has 23 heavy (non-hydrogen) atoms. The van der Waals surface area contributed by atoms with Crippen molar-refractivity contribution in [2.24, 2.45) is 5.92 Å². The van der Waals surface area contributed by atoms with E-state index in [1.165, 1.54) is 24.6 Å². The zero-order chi connectivity index (χ0) is 16.8. The number of hydrogen-bond donors (Lipinski definition) is 2. The van der Waals surface area contributed by atoms with E-state index in [0.29, 0.717) is 5.02 Å². The second kappa shape index (κ2) is 8.62. The predicted octanol–water partition coefficient (Wildman–Crippen LogP) is 3.13. The van der Waals surface area contributed by atoms with E-state index in [2.05, 4.69) is 15.5 Å². The van der Waals surface area contributed by atoms with Crippen LogP contribution in [0.2, 0.25) is 5.02 Å². The first kappa shape index (κ1) is 18.2. The number of carbonyl (C=O) groups is 1. The average molecular weight is 342 g/mol. The molecule has 0 aliphatic carbocycles. The zero-order valence-corrected chi connectivity index (χ0v) is 14.5. The fourth-order valence-corrected chi connectivity index (χ4v) is 3.15. The monoisotopic (exact) mass is 341 g/mol. The molecule has 1 aromatic carbocycles. The molecule has 0 spiro atoms. The molecule has 1 aliphatic heterocycles. The van der Waals surface area contributed by atoms with Crippen molar-refractivity contribution < 1.29 is 9.18 Å². The molecule has 128 valence electrons. The Balaban J connectivity index is 1.87. The molecule has 2 N–H and O–H groups in total. The highest BCUT2D eigenvalue weighted by Gasteiger charge is 2.26. The Labute approximate surface area is 142 Å². The first-order valence-electron chi connectivity index (χ1n) is 8.16. The third kappa shape index (κ3) is 5.16. The van der Waals surface area contributed by atoms with Crippen molar-refractivity contribution in [3.8, 4) is 0 Å². The minimum absolute atomic E-state index is 0.137. The number of rotatable bonds is 6. The summed E-state index contributed by atoms with van der Waals surface area (Å²) in [6, 6.07) is 3.88. The number of halogens is 2. The van der Waals surface area contributed by atoms with E-state index in [0.717, 1.165) is 38.4 Å². The van der Waals surface area contributed by atoms with E-state index >= 15 is 0 Å². The normalized spacial score (nSPS) is 17.9. The van der Waals surface area contributed by atoms with Gasteiger partial charge in [0.2, 0.25) is 5.91 Å². The number of carbonyl (C=O) groups excluding carboxylic acids is 1. The molecule has 6 heteroatoms. The van der Waals surface area contributed by atoms with Crippen molar-refractivity contribution in [2.45, 2.75) is 32.2 Å². The smallest absolute Gasteiger partial charge is 0.241 e. The Morgan fingerprint density at radius 3 is 2.78 bits per heavy atom. The molecule has 4 nitrogen and oxygen atoms in total. The third-order valence-electron chi connectivity index (χ3n) is 4.57. The number of amides is 1. The van der Waals surface area contributed by atoms with Gasteiger partial charge in [0.25, 0.3) is 0 Å². The Kier molecular flexibility index (Phi) is 6.81. The van der Waals surface area contributed by atoms with E-state index in [-0.39, 0.29) is 17.6 Å². The number of nitrogens with zero attached hydrogens (tertiary/aromatic N) is 1. The van der Waals surface area contributed by atoms with Gasteiger partial charge in [0.1, 0.15) is 5.82 Å². The van der Waals surface area contributed by atoms with Crippen LogP contribution < -0.4 is 10.6 Å². The summed E-state index contributed by atoms with van der Waals surface area (Å²) in [6.07, 6.45) is 3.38. The van der Waals surface area contributed by atoms with Crippen LogP contribution in [0.3, 0.4) is 0 Å². The van der Waals surface area contributed by atoms with Gasteiger partial charge in [0.05, 0.1) is 11.7 Å². The van der Waals surface area contributed by atoms with Gasteiger partial charge in [-0.2, -0.15) is 0 Å². The molecule has 1 fully saturated rings. The summed E-state index contributed by atoms with van der Waals surface area (Å²) in [5, 5.41) is 6.23. The van der Waals surface area contributed by atoms with Gasteiger partial charge in [-0.3, -0.25) is 9.69 Å². The Hall–Kier alpha value is -1.17. The van der Waals surface area contributed by atoms with Crippen LogP contribution in [0.5, 0.6) is 0 Å². The molecular formula is C17H25ClFN3O. The predicted molar refractivity (Wildman–Crippen MR) is 92.3 cm³/mol. The maximum Gasteiger partial charge on any atom is 0.241 e. The molecule has 0 radical (unpaired) electrons. The first-order chi connectivity index (χ1) is 11.0. The summed E-state index contributed by atoms with van der Waals surface area (Å²) < 4.78 is 13.7. The highest BCUT2D eigenvalue weighted by molar-refractivity contribution is 6.30. The number of likely N-dealkylation sites (tertiary alicyclic amines) is 1. The van der Waals surface area contributed by atoms with Crippen molar-refractivity contribution in [3.63, 3.8) is 0 Å². The summed E-state index contributed by atoms with van der Waals surface area (Å²) in [6.45, 7) is 4.71. The topological polar surface area (TPSA) is 44.4 Å². The lowest BCUT2D eigenvalue weighted by Crippen LogP contribution is -2.46. The lowest BCUT2D eigenvalue weighted by molar-refractivity contribution is -0.121. The second-order valence-electron chi connectivity index (χ2n) is 6.16. The van der Waals surface area contributed by atoms with Crippen molar-refractivity contribution in [1.29, 1.82) is 0 Å². The number of hydrogen-bond acceptors (Lipinski definition) is 3. The summed E-state index contributed by atoms with van der Waals surface area (Å²) in [7, 11) is 1.97. The molecule has 2 rings (SSSR count). The van der Waals surface area contributed by atoms with E-state index in [4.69, 9.17) is 11.6 Å². The largest absolute Gasteiger partial charge is 0.322 e. The maximum atomic E-state index is 13.7. The first-order valence-corrected chi connectivity index (χ1v) is 8.53. The van der Waals surface area contributed by atoms with Gasteiger partial charge < -0.3 is 10.6 Å². The van der Waals surface area contributed by atoms with Crippen LogP contribution in [0, 0.1) is 11.7 Å². The summed E-state index contributed by atoms with van der Waals surface area (Å²) in [4.78, 5) is 14.5. The van der Waals surface area contributed by atoms with E-state index < -0.39 is 5.82 Å². The molecule has 0 saturated carbocycles. The SMILES string of the molecule is CNCCC1CCN(C(C)C(=O)Nc2cc(Cl)ccc2F)CC1. The highest BCUT2D eigenvalue weighted by Crippen LogP contribution is 2.23. The van der Waals surface area contributed by atoms with Gasteiger partial charge in [0.15, 0.2) is 0 Å². The summed E-state index contributed by atoms with van der Waals surface area (Å²) in [5.41, 5.74) is 0.137. The van der Waals surface area contributed by atoms with Crippen LogP contribution in [0.4, 0.5) is 10.1 Å². The van der Waals surface area contributed by atoms with Gasteiger partial charge in [-0.15, -0.1) is 0 Å². The standard InChI is InChI=1S/C17H25ClFN3O/c1-12(22-9-6-13(7-10-22)5-8-20-2)17(23)21-16-11-14(18)3-4-15(16)19/h3-4,11-13,20H,5-10H2,1-2H3,(H,21,23). The Morgan fingerprint density at radius 1 is 1.43 bits per heavy atom. The van der Waals surface area contributed by atoms with Crippen LogP contribution in [0.1, 0.15) is 26.2 Å². The van der Waals surface area contributed by atoms with Crippen molar-refractivity contribution >= 4 is 23.2 Å². The molecule has 0 bridgehead atoms. The van der Waals surface area contributed by atoms with E-state index in [1.54, 1.807) is 0 Å². The van der Waals surface area contributed by atoms with Crippen molar-refractivity contribution in [3.05, 3.63) is 29.0 Å².